The second-order valence-electron chi connectivity index (χ2n) is 2.91. The quantitative estimate of drug-likeness (QED) is 0.484. The summed E-state index contributed by atoms with van der Waals surface area (Å²) in [5.74, 6) is 0. The van der Waals surface area contributed by atoms with Gasteiger partial charge in [0.25, 0.3) is 0 Å². The van der Waals surface area contributed by atoms with E-state index in [0.29, 0.717) is 12.0 Å². The number of ether oxygens (including phenoxy) is 1. The molecule has 0 spiro atoms. The van der Waals surface area contributed by atoms with Gasteiger partial charge in [-0.15, -0.1) is 0 Å². The zero-order chi connectivity index (χ0) is 10.1. The van der Waals surface area contributed by atoms with Crippen molar-refractivity contribution >= 4 is 9.52 Å². The number of allylic oxidation sites excluding steroid dienone is 1. The van der Waals surface area contributed by atoms with Crippen molar-refractivity contribution < 1.29 is 22.2 Å². The summed E-state index contributed by atoms with van der Waals surface area (Å²) in [6, 6.07) is 1.35. The Balaban J connectivity index is 3.16. The molecule has 0 aliphatic heterocycles. The van der Waals surface area contributed by atoms with Crippen molar-refractivity contribution in [3.63, 3.8) is 0 Å². The van der Waals surface area contributed by atoms with E-state index in [2.05, 4.69) is 13.1 Å². The molecule has 0 atom stereocenters. The summed E-state index contributed by atoms with van der Waals surface area (Å²) >= 11 is -1.20. The van der Waals surface area contributed by atoms with Gasteiger partial charge in [0.2, 0.25) is 0 Å². The van der Waals surface area contributed by atoms with Gasteiger partial charge < -0.3 is 0 Å². The van der Waals surface area contributed by atoms with Crippen LogP contribution in [0.15, 0.2) is 11.1 Å². The van der Waals surface area contributed by atoms with Crippen LogP contribution in [0.5, 0.6) is 0 Å². The van der Waals surface area contributed by atoms with Gasteiger partial charge in [0, 0.05) is 0 Å². The molecular formula is C9H20CoO2Si. The molecule has 0 saturated carbocycles. The minimum atomic E-state index is -1.20. The van der Waals surface area contributed by atoms with Crippen LogP contribution in [0.25, 0.3) is 0 Å². The Morgan fingerprint density at radius 3 is 2.77 bits per heavy atom. The molecule has 0 aliphatic rings. The van der Waals surface area contributed by atoms with E-state index in [0.717, 1.165) is 11.1 Å². The Labute approximate surface area is 87.5 Å². The number of rotatable bonds is 8. The first-order chi connectivity index (χ1) is 6.18. The molecule has 0 amide bonds. The van der Waals surface area contributed by atoms with Gasteiger partial charge in [-0.2, -0.15) is 0 Å². The predicted molar refractivity (Wildman–Crippen MR) is 55.0 cm³/mol. The van der Waals surface area contributed by atoms with Gasteiger partial charge in [-0.3, -0.25) is 0 Å². The van der Waals surface area contributed by atoms with Gasteiger partial charge in [0.1, 0.15) is 0 Å². The van der Waals surface area contributed by atoms with Crippen molar-refractivity contribution in [3.05, 3.63) is 11.1 Å². The molecule has 0 bridgehead atoms. The Bertz CT molecular complexity index is 171. The molecule has 0 fully saturated rings. The SMILES string of the molecule is C=[C](C)[Co](=[O])[CH2]COCCC[SiH2]C. The van der Waals surface area contributed by atoms with Crippen molar-refractivity contribution in [2.45, 2.75) is 31.3 Å². The summed E-state index contributed by atoms with van der Waals surface area (Å²) in [6.07, 6.45) is 1.17. The summed E-state index contributed by atoms with van der Waals surface area (Å²) in [5, 5.41) is 0.631. The molecule has 4 heteroatoms. The molecule has 0 radical (unpaired) electrons. The van der Waals surface area contributed by atoms with Crippen LogP contribution < -0.4 is 0 Å². The van der Waals surface area contributed by atoms with Gasteiger partial charge in [-0.1, -0.05) is 0 Å². The van der Waals surface area contributed by atoms with E-state index in [1.165, 1.54) is 12.5 Å². The predicted octanol–water partition coefficient (Wildman–Crippen LogP) is 1.94. The fraction of sp³-hybridized carbons (Fsp3) is 0.778. The molecule has 0 aromatic rings. The summed E-state index contributed by atoms with van der Waals surface area (Å²) in [5.41, 5.74) is 0. The second-order valence-corrected chi connectivity index (χ2v) is 6.90. The first kappa shape index (κ1) is 13.2. The third-order valence-corrected chi connectivity index (χ3v) is 4.46. The van der Waals surface area contributed by atoms with Crippen LogP contribution >= 0.6 is 0 Å². The fourth-order valence-corrected chi connectivity index (χ4v) is 2.30. The number of hydrogen-bond donors (Lipinski definition) is 0. The Morgan fingerprint density at radius 1 is 1.54 bits per heavy atom. The van der Waals surface area contributed by atoms with Crippen LogP contribution in [0, 0.1) is 0 Å². The van der Waals surface area contributed by atoms with Crippen LogP contribution in [0.3, 0.4) is 0 Å². The molecule has 0 aliphatic carbocycles. The molecule has 0 rings (SSSR count). The summed E-state index contributed by atoms with van der Waals surface area (Å²) in [4.78, 5) is 0. The first-order valence-corrected chi connectivity index (χ1v) is 8.77. The van der Waals surface area contributed by atoms with Gasteiger partial charge in [-0.05, 0) is 0 Å². The third kappa shape index (κ3) is 8.55. The molecule has 0 N–H and O–H groups in total. The van der Waals surface area contributed by atoms with Crippen LogP contribution in [-0.2, 0) is 22.2 Å². The Hall–Kier alpha value is 0.223. The molecule has 0 saturated heterocycles. The van der Waals surface area contributed by atoms with E-state index in [-0.39, 0.29) is 9.52 Å². The molecule has 2 nitrogen and oxygen atoms in total. The standard InChI is InChI=1S/C6H15OSi.C3H5.Co.O/c1-3-7-5-4-6-8-2;1-3-2;;/h1,3-6,8H2,2H3;1H2,2H3;;. The summed E-state index contributed by atoms with van der Waals surface area (Å²) in [7, 11) is 0.199. The van der Waals surface area contributed by atoms with Gasteiger partial charge in [0.05, 0.1) is 0 Å². The van der Waals surface area contributed by atoms with Crippen LogP contribution in [0.2, 0.25) is 17.9 Å². The Morgan fingerprint density at radius 2 is 2.23 bits per heavy atom. The number of hydrogen-bond acceptors (Lipinski definition) is 2. The summed E-state index contributed by atoms with van der Waals surface area (Å²) in [6.45, 7) is 9.21. The first-order valence-electron chi connectivity index (χ1n) is 4.68. The van der Waals surface area contributed by atoms with Crippen LogP contribution in [0.4, 0.5) is 0 Å². The van der Waals surface area contributed by atoms with E-state index in [9.17, 15) is 3.87 Å². The van der Waals surface area contributed by atoms with E-state index in [4.69, 9.17) is 4.74 Å². The monoisotopic (exact) mass is 247 g/mol. The molecule has 0 unspecified atom stereocenters. The van der Waals surface area contributed by atoms with E-state index < -0.39 is 13.6 Å². The molecule has 13 heavy (non-hydrogen) atoms. The maximum atomic E-state index is 11.2. The molecule has 0 aromatic carbocycles. The third-order valence-electron chi connectivity index (χ3n) is 1.57. The van der Waals surface area contributed by atoms with Crippen molar-refractivity contribution in [3.8, 4) is 0 Å². The van der Waals surface area contributed by atoms with Gasteiger partial charge in [-0.25, -0.2) is 0 Å². The van der Waals surface area contributed by atoms with Gasteiger partial charge >= 0.3 is 87.3 Å². The average molecular weight is 247 g/mol. The summed E-state index contributed by atoms with van der Waals surface area (Å²) < 4.78 is 17.3. The van der Waals surface area contributed by atoms with Gasteiger partial charge in [0.15, 0.2) is 0 Å². The van der Waals surface area contributed by atoms with Crippen LogP contribution in [-0.4, -0.2) is 22.7 Å². The minimum absolute atomic E-state index is 0.199. The van der Waals surface area contributed by atoms with Crippen molar-refractivity contribution in [1.82, 2.24) is 0 Å². The van der Waals surface area contributed by atoms with E-state index in [1.807, 2.05) is 0 Å². The van der Waals surface area contributed by atoms with E-state index >= 15 is 0 Å². The maximum absolute atomic E-state index is 11.2. The molecular weight excluding hydrogens is 227 g/mol. The molecule has 0 aromatic heterocycles. The van der Waals surface area contributed by atoms with Crippen LogP contribution in [0.1, 0.15) is 13.3 Å². The Kier molecular flexibility index (Phi) is 8.96. The second kappa shape index (κ2) is 8.81. The van der Waals surface area contributed by atoms with Crippen molar-refractivity contribution in [2.24, 2.45) is 0 Å². The van der Waals surface area contributed by atoms with Crippen molar-refractivity contribution in [1.29, 1.82) is 0 Å². The normalized spacial score (nSPS) is 12.3. The van der Waals surface area contributed by atoms with Crippen molar-refractivity contribution in [2.75, 3.05) is 13.2 Å². The molecule has 81 valence electrons. The zero-order valence-corrected chi connectivity index (χ0v) is 11.1. The average Bonchev–Trinajstić information content (AvgIpc) is 2.10. The molecule has 0 heterocycles. The zero-order valence-electron chi connectivity index (χ0n) is 8.60. The fourth-order valence-electron chi connectivity index (χ4n) is 0.808. The topological polar surface area (TPSA) is 26.3 Å². The van der Waals surface area contributed by atoms with E-state index in [1.54, 1.807) is 6.92 Å².